The molecule has 0 aliphatic carbocycles. The van der Waals surface area contributed by atoms with Crippen LogP contribution in [0, 0.1) is 6.92 Å². The Kier molecular flexibility index (Phi) is 7.42. The Hall–Kier alpha value is -3.87. The number of carbonyl (C=O) groups excluding carboxylic acids is 1. The van der Waals surface area contributed by atoms with Crippen molar-refractivity contribution in [3.63, 3.8) is 0 Å². The molecule has 0 bridgehead atoms. The summed E-state index contributed by atoms with van der Waals surface area (Å²) in [7, 11) is 1.69. The molecule has 7 heteroatoms. The number of ether oxygens (including phenoxy) is 1. The number of para-hydroxylation sites is 1. The molecule has 2 aromatic heterocycles. The number of hydrogen-bond acceptors (Lipinski definition) is 4. The molecule has 2 amide bonds. The molecule has 34 heavy (non-hydrogen) atoms. The van der Waals surface area contributed by atoms with E-state index in [-0.39, 0.29) is 6.03 Å². The topological polar surface area (TPSA) is 81.1 Å². The second-order valence-corrected chi connectivity index (χ2v) is 8.29. The Morgan fingerprint density at radius 2 is 1.82 bits per heavy atom. The molecule has 0 atom stereocenters. The first-order valence-corrected chi connectivity index (χ1v) is 11.7. The number of urea groups is 1. The Morgan fingerprint density at radius 3 is 2.59 bits per heavy atom. The zero-order valence-corrected chi connectivity index (χ0v) is 20.0. The Morgan fingerprint density at radius 1 is 1.06 bits per heavy atom. The zero-order chi connectivity index (χ0) is 23.9. The van der Waals surface area contributed by atoms with Crippen LogP contribution in [0.5, 0.6) is 5.75 Å². The van der Waals surface area contributed by atoms with Gasteiger partial charge in [0.05, 0.1) is 25.0 Å². The Labute approximate surface area is 200 Å². The maximum atomic E-state index is 12.5. The van der Waals surface area contributed by atoms with E-state index in [1.807, 2.05) is 61.5 Å². The van der Waals surface area contributed by atoms with Gasteiger partial charge in [0.15, 0.2) is 5.65 Å². The highest BCUT2D eigenvalue weighted by Crippen LogP contribution is 2.26. The predicted molar refractivity (Wildman–Crippen MR) is 135 cm³/mol. The molecule has 0 saturated carbocycles. The van der Waals surface area contributed by atoms with Gasteiger partial charge < -0.3 is 19.9 Å². The number of benzene rings is 2. The summed E-state index contributed by atoms with van der Waals surface area (Å²) in [6, 6.07) is 19.5. The number of methoxy groups -OCH3 is 1. The molecule has 2 heterocycles. The largest absolute Gasteiger partial charge is 0.496 e. The van der Waals surface area contributed by atoms with Gasteiger partial charge in [0.25, 0.3) is 0 Å². The van der Waals surface area contributed by atoms with E-state index in [1.165, 1.54) is 0 Å². The molecule has 4 aromatic rings. The molecule has 0 unspecified atom stereocenters. The van der Waals surface area contributed by atoms with Gasteiger partial charge in [0.2, 0.25) is 0 Å². The van der Waals surface area contributed by atoms with E-state index in [1.54, 1.807) is 7.11 Å². The van der Waals surface area contributed by atoms with Gasteiger partial charge in [0, 0.05) is 18.5 Å². The molecular weight excluding hydrogens is 426 g/mol. The summed E-state index contributed by atoms with van der Waals surface area (Å²) in [5.74, 6) is 1.83. The summed E-state index contributed by atoms with van der Waals surface area (Å²) in [4.78, 5) is 22.2. The van der Waals surface area contributed by atoms with Crippen molar-refractivity contribution in [3.8, 4) is 5.75 Å². The summed E-state index contributed by atoms with van der Waals surface area (Å²) in [5.41, 5.74) is 5.09. The van der Waals surface area contributed by atoms with Gasteiger partial charge in [-0.05, 0) is 31.0 Å². The monoisotopic (exact) mass is 457 g/mol. The molecule has 0 saturated heterocycles. The summed E-state index contributed by atoms with van der Waals surface area (Å²) in [6.07, 6.45) is 2.99. The van der Waals surface area contributed by atoms with Gasteiger partial charge in [-0.3, -0.25) is 0 Å². The molecule has 4 rings (SSSR count). The second-order valence-electron chi connectivity index (χ2n) is 8.29. The average Bonchev–Trinajstić information content (AvgIpc) is 3.18. The zero-order valence-electron chi connectivity index (χ0n) is 20.0. The lowest BCUT2D eigenvalue weighted by molar-refractivity contribution is 0.251. The molecule has 0 aliphatic rings. The number of unbranched alkanes of at least 4 members (excludes halogenated alkanes) is 1. The first kappa shape index (κ1) is 23.3. The van der Waals surface area contributed by atoms with Crippen LogP contribution in [0.15, 0.2) is 60.7 Å². The van der Waals surface area contributed by atoms with Crippen LogP contribution in [0.1, 0.15) is 42.4 Å². The van der Waals surface area contributed by atoms with Crippen molar-refractivity contribution >= 4 is 22.9 Å². The van der Waals surface area contributed by atoms with E-state index in [0.29, 0.717) is 18.8 Å². The minimum absolute atomic E-state index is 0.271. The fraction of sp³-hybridized carbons (Fsp3) is 0.296. The minimum atomic E-state index is -0.271. The lowest BCUT2D eigenvalue weighted by Gasteiger charge is -2.13. The third-order valence-electron chi connectivity index (χ3n) is 5.81. The van der Waals surface area contributed by atoms with Crippen molar-refractivity contribution in [1.29, 1.82) is 0 Å². The van der Waals surface area contributed by atoms with E-state index in [9.17, 15) is 4.79 Å². The quantitative estimate of drug-likeness (QED) is 0.350. The first-order valence-electron chi connectivity index (χ1n) is 11.7. The van der Waals surface area contributed by atoms with Crippen molar-refractivity contribution in [2.75, 3.05) is 12.4 Å². The average molecular weight is 458 g/mol. The van der Waals surface area contributed by atoms with Crippen LogP contribution in [0.4, 0.5) is 10.5 Å². The maximum absolute atomic E-state index is 12.5. The van der Waals surface area contributed by atoms with Crippen molar-refractivity contribution in [1.82, 2.24) is 19.9 Å². The van der Waals surface area contributed by atoms with Gasteiger partial charge >= 0.3 is 6.03 Å². The number of amides is 2. The molecule has 7 nitrogen and oxygen atoms in total. The van der Waals surface area contributed by atoms with Crippen LogP contribution in [-0.4, -0.2) is 27.7 Å². The lowest BCUT2D eigenvalue weighted by Crippen LogP contribution is -2.28. The normalized spacial score (nSPS) is 10.9. The molecule has 2 aromatic carbocycles. The van der Waals surface area contributed by atoms with E-state index in [0.717, 1.165) is 58.8 Å². The predicted octanol–water partition coefficient (Wildman–Crippen LogP) is 5.46. The summed E-state index contributed by atoms with van der Waals surface area (Å²) in [5, 5.41) is 5.83. The molecular formula is C27H31N5O2. The summed E-state index contributed by atoms with van der Waals surface area (Å²) in [6.45, 7) is 5.15. The van der Waals surface area contributed by atoms with Crippen molar-refractivity contribution in [2.24, 2.45) is 0 Å². The van der Waals surface area contributed by atoms with Gasteiger partial charge in [-0.15, -0.1) is 0 Å². The molecule has 0 radical (unpaired) electrons. The molecule has 0 aliphatic heterocycles. The highest BCUT2D eigenvalue weighted by Gasteiger charge is 2.17. The highest BCUT2D eigenvalue weighted by molar-refractivity contribution is 5.92. The number of carbonyl (C=O) groups is 1. The third kappa shape index (κ3) is 5.36. The SMILES string of the molecule is CCCCc1nc2cc(NC(=O)NCc3ccccc3)c(C)nc2n1Cc1ccccc1OC. The Balaban J connectivity index is 1.60. The number of rotatable bonds is 9. The molecule has 176 valence electrons. The van der Waals surface area contributed by atoms with E-state index in [4.69, 9.17) is 14.7 Å². The van der Waals surface area contributed by atoms with Gasteiger partial charge in [-0.2, -0.15) is 0 Å². The third-order valence-corrected chi connectivity index (χ3v) is 5.81. The van der Waals surface area contributed by atoms with Gasteiger partial charge in [0.1, 0.15) is 17.1 Å². The number of fused-ring (bicyclic) bond motifs is 1. The van der Waals surface area contributed by atoms with Crippen LogP contribution in [0.2, 0.25) is 0 Å². The maximum Gasteiger partial charge on any atom is 0.319 e. The Bertz CT molecular complexity index is 1270. The fourth-order valence-electron chi connectivity index (χ4n) is 3.95. The van der Waals surface area contributed by atoms with E-state index < -0.39 is 0 Å². The highest BCUT2D eigenvalue weighted by atomic mass is 16.5. The van der Waals surface area contributed by atoms with Crippen LogP contribution in [0.3, 0.4) is 0 Å². The fourth-order valence-corrected chi connectivity index (χ4v) is 3.95. The van der Waals surface area contributed by atoms with Crippen molar-refractivity contribution in [2.45, 2.75) is 46.2 Å². The number of pyridine rings is 1. The minimum Gasteiger partial charge on any atom is -0.496 e. The summed E-state index contributed by atoms with van der Waals surface area (Å²) >= 11 is 0. The van der Waals surface area contributed by atoms with Crippen LogP contribution < -0.4 is 15.4 Å². The van der Waals surface area contributed by atoms with E-state index >= 15 is 0 Å². The molecule has 2 N–H and O–H groups in total. The smallest absolute Gasteiger partial charge is 0.319 e. The van der Waals surface area contributed by atoms with Crippen molar-refractivity contribution < 1.29 is 9.53 Å². The van der Waals surface area contributed by atoms with Gasteiger partial charge in [-0.1, -0.05) is 61.9 Å². The number of anilines is 1. The summed E-state index contributed by atoms with van der Waals surface area (Å²) < 4.78 is 7.72. The van der Waals surface area contributed by atoms with E-state index in [2.05, 4.69) is 28.2 Å². The lowest BCUT2D eigenvalue weighted by atomic mass is 10.2. The standard InChI is InChI=1S/C27H31N5O2/c1-4-5-15-25-30-23-16-22(31-27(33)28-17-20-11-7-6-8-12-20)19(2)29-26(23)32(25)18-21-13-9-10-14-24(21)34-3/h6-14,16H,4-5,15,17-18H2,1-3H3,(H2,28,31,33). The number of imidazole rings is 1. The van der Waals surface area contributed by atoms with Crippen molar-refractivity contribution in [3.05, 3.63) is 83.3 Å². The molecule has 0 fully saturated rings. The second kappa shape index (κ2) is 10.8. The van der Waals surface area contributed by atoms with Gasteiger partial charge in [-0.25, -0.2) is 14.8 Å². The van der Waals surface area contributed by atoms with Crippen LogP contribution in [0.25, 0.3) is 11.2 Å². The number of nitrogens with zero attached hydrogens (tertiary/aromatic N) is 3. The number of nitrogens with one attached hydrogen (secondary N) is 2. The number of aryl methyl sites for hydroxylation is 2. The van der Waals surface area contributed by atoms with Crippen LogP contribution in [-0.2, 0) is 19.5 Å². The molecule has 0 spiro atoms. The number of aromatic nitrogens is 3. The first-order chi connectivity index (χ1) is 16.6. The number of hydrogen-bond donors (Lipinski definition) is 2. The van der Waals surface area contributed by atoms with Crippen LogP contribution >= 0.6 is 0 Å².